The molecule has 25 heavy (non-hydrogen) atoms. The van der Waals surface area contributed by atoms with Crippen LogP contribution in [-0.2, 0) is 19.5 Å². The van der Waals surface area contributed by atoms with Crippen LogP contribution in [0.2, 0.25) is 0 Å². The third-order valence-electron chi connectivity index (χ3n) is 4.11. The molecule has 0 saturated carbocycles. The molecule has 1 fully saturated rings. The van der Waals surface area contributed by atoms with Crippen LogP contribution in [0.25, 0.3) is 0 Å². The number of hydrogen-bond acceptors (Lipinski definition) is 6. The molecule has 0 aliphatic carbocycles. The van der Waals surface area contributed by atoms with Gasteiger partial charge in [-0.05, 0) is 33.7 Å². The topological polar surface area (TPSA) is 101 Å². The van der Waals surface area contributed by atoms with Crippen molar-refractivity contribution in [2.75, 3.05) is 46.0 Å². The molecule has 0 amide bonds. The molecule has 0 bridgehead atoms. The lowest BCUT2D eigenvalue weighted by atomic mass is 10.2. The van der Waals surface area contributed by atoms with E-state index in [1.165, 1.54) is 0 Å². The van der Waals surface area contributed by atoms with Crippen LogP contribution in [-0.4, -0.2) is 70.3 Å². The third-order valence-corrected chi connectivity index (χ3v) is 5.74. The summed E-state index contributed by atoms with van der Waals surface area (Å²) in [7, 11) is -3.79. The number of aromatic nitrogens is 1. The number of hydrogen-bond donors (Lipinski definition) is 2. The number of carbonyl (C=O) groups is 1. The highest BCUT2D eigenvalue weighted by Gasteiger charge is 2.29. The summed E-state index contributed by atoms with van der Waals surface area (Å²) < 4.78 is 38.2. The van der Waals surface area contributed by atoms with Crippen molar-refractivity contribution >= 4 is 16.0 Å². The number of rotatable bonds is 8. The molecular weight excluding hydrogens is 346 g/mol. The van der Waals surface area contributed by atoms with Crippen molar-refractivity contribution in [2.45, 2.75) is 32.1 Å². The third kappa shape index (κ3) is 5.04. The van der Waals surface area contributed by atoms with Crippen LogP contribution in [0.1, 0.15) is 35.1 Å². The lowest BCUT2D eigenvalue weighted by Crippen LogP contribution is -2.38. The second-order valence-corrected chi connectivity index (χ2v) is 7.71. The molecule has 1 aromatic heterocycles. The molecule has 2 N–H and O–H groups in total. The van der Waals surface area contributed by atoms with Crippen molar-refractivity contribution in [2.24, 2.45) is 0 Å². The maximum absolute atomic E-state index is 12.7. The first-order valence-electron chi connectivity index (χ1n) is 8.53. The second-order valence-electron chi connectivity index (χ2n) is 6.00. The molecule has 2 heterocycles. The molecule has 0 atom stereocenters. The van der Waals surface area contributed by atoms with E-state index in [2.05, 4.69) is 14.6 Å². The summed E-state index contributed by atoms with van der Waals surface area (Å²) >= 11 is 0. The Balaban J connectivity index is 2.02. The van der Waals surface area contributed by atoms with Crippen LogP contribution in [0.15, 0.2) is 4.90 Å². The summed E-state index contributed by atoms with van der Waals surface area (Å²) in [5.41, 5.74) is 1.01. The minimum absolute atomic E-state index is 0.0187. The molecule has 0 spiro atoms. The lowest BCUT2D eigenvalue weighted by Gasteiger charge is -2.26. The van der Waals surface area contributed by atoms with Crippen LogP contribution < -0.4 is 4.72 Å². The number of aromatic amines is 1. The molecule has 9 heteroatoms. The molecule has 0 aromatic carbocycles. The van der Waals surface area contributed by atoms with E-state index < -0.39 is 16.0 Å². The van der Waals surface area contributed by atoms with Crippen LogP contribution in [0, 0.1) is 13.8 Å². The number of nitrogens with zero attached hydrogens (tertiary/aromatic N) is 1. The number of esters is 1. The van der Waals surface area contributed by atoms with Crippen molar-refractivity contribution in [1.29, 1.82) is 0 Å². The molecule has 2 rings (SSSR count). The molecule has 1 aliphatic heterocycles. The Hall–Kier alpha value is -1.42. The summed E-state index contributed by atoms with van der Waals surface area (Å²) in [6, 6.07) is 0. The quantitative estimate of drug-likeness (QED) is 0.517. The number of morpholine rings is 1. The van der Waals surface area contributed by atoms with E-state index >= 15 is 0 Å². The second kappa shape index (κ2) is 8.79. The minimum Gasteiger partial charge on any atom is -0.462 e. The molecule has 1 aliphatic rings. The fourth-order valence-corrected chi connectivity index (χ4v) is 4.47. The van der Waals surface area contributed by atoms with Gasteiger partial charge in [-0.3, -0.25) is 4.90 Å². The predicted octanol–water partition coefficient (Wildman–Crippen LogP) is 0.809. The average molecular weight is 373 g/mol. The smallest absolute Gasteiger partial charge is 0.341 e. The van der Waals surface area contributed by atoms with Gasteiger partial charge in [-0.2, -0.15) is 0 Å². The highest BCUT2D eigenvalue weighted by atomic mass is 32.2. The van der Waals surface area contributed by atoms with Gasteiger partial charge in [0.1, 0.15) is 10.5 Å². The minimum atomic E-state index is -3.79. The highest BCUT2D eigenvalue weighted by Crippen LogP contribution is 2.24. The highest BCUT2D eigenvalue weighted by molar-refractivity contribution is 7.89. The lowest BCUT2D eigenvalue weighted by molar-refractivity contribution is 0.0376. The number of nitrogens with one attached hydrogen (secondary N) is 2. The molecule has 0 unspecified atom stereocenters. The monoisotopic (exact) mass is 373 g/mol. The summed E-state index contributed by atoms with van der Waals surface area (Å²) in [4.78, 5) is 17.3. The van der Waals surface area contributed by atoms with Crippen LogP contribution in [0.5, 0.6) is 0 Å². The van der Waals surface area contributed by atoms with Gasteiger partial charge in [0.15, 0.2) is 0 Å². The van der Waals surface area contributed by atoms with Crippen LogP contribution >= 0.6 is 0 Å². The van der Waals surface area contributed by atoms with Crippen molar-refractivity contribution in [3.05, 3.63) is 17.0 Å². The van der Waals surface area contributed by atoms with Gasteiger partial charge in [-0.25, -0.2) is 17.9 Å². The maximum atomic E-state index is 12.7. The van der Waals surface area contributed by atoms with E-state index in [1.54, 1.807) is 20.8 Å². The Morgan fingerprint density at radius 1 is 1.28 bits per heavy atom. The maximum Gasteiger partial charge on any atom is 0.341 e. The van der Waals surface area contributed by atoms with Gasteiger partial charge in [0.2, 0.25) is 10.0 Å². The average Bonchev–Trinajstić information content (AvgIpc) is 2.88. The first-order chi connectivity index (χ1) is 11.9. The molecule has 1 saturated heterocycles. The summed E-state index contributed by atoms with van der Waals surface area (Å²) in [6.07, 6.45) is 0.691. The van der Waals surface area contributed by atoms with Crippen molar-refractivity contribution < 1.29 is 22.7 Å². The molecule has 8 nitrogen and oxygen atoms in total. The van der Waals surface area contributed by atoms with Gasteiger partial charge < -0.3 is 14.5 Å². The summed E-state index contributed by atoms with van der Waals surface area (Å²) in [5, 5.41) is 0. The van der Waals surface area contributed by atoms with Crippen LogP contribution in [0.4, 0.5) is 0 Å². The zero-order chi connectivity index (χ0) is 18.4. The largest absolute Gasteiger partial charge is 0.462 e. The van der Waals surface area contributed by atoms with Gasteiger partial charge in [-0.1, -0.05) is 0 Å². The number of ether oxygens (including phenoxy) is 2. The Morgan fingerprint density at radius 2 is 1.96 bits per heavy atom. The SMILES string of the molecule is CCOC(=O)c1c(C)[nH]c(C)c1S(=O)(=O)NCCCN1CCOCC1. The summed E-state index contributed by atoms with van der Waals surface area (Å²) in [6.45, 7) is 9.47. The summed E-state index contributed by atoms with van der Waals surface area (Å²) in [5.74, 6) is -0.627. The van der Waals surface area contributed by atoms with Crippen molar-refractivity contribution in [3.8, 4) is 0 Å². The van der Waals surface area contributed by atoms with Crippen molar-refractivity contribution in [3.63, 3.8) is 0 Å². The molecule has 142 valence electrons. The van der Waals surface area contributed by atoms with Gasteiger partial charge in [0.25, 0.3) is 0 Å². The molecule has 1 aromatic rings. The Labute approximate surface area is 148 Å². The fraction of sp³-hybridized carbons (Fsp3) is 0.688. The molecular formula is C16H27N3O5S. The number of sulfonamides is 1. The molecule has 0 radical (unpaired) electrons. The van der Waals surface area contributed by atoms with E-state index in [1.807, 2.05) is 0 Å². The zero-order valence-electron chi connectivity index (χ0n) is 15.1. The van der Waals surface area contributed by atoms with E-state index in [0.717, 1.165) is 32.8 Å². The number of aryl methyl sites for hydroxylation is 2. The van der Waals surface area contributed by atoms with E-state index in [0.29, 0.717) is 24.4 Å². The van der Waals surface area contributed by atoms with E-state index in [-0.39, 0.29) is 17.1 Å². The number of H-pyrrole nitrogens is 1. The Kier molecular flexibility index (Phi) is 7.00. The zero-order valence-corrected chi connectivity index (χ0v) is 15.9. The normalized spacial score (nSPS) is 16.1. The Morgan fingerprint density at radius 3 is 2.60 bits per heavy atom. The first-order valence-corrected chi connectivity index (χ1v) is 10.0. The van der Waals surface area contributed by atoms with Gasteiger partial charge in [-0.15, -0.1) is 0 Å². The fourth-order valence-electron chi connectivity index (χ4n) is 2.95. The van der Waals surface area contributed by atoms with Crippen LogP contribution in [0.3, 0.4) is 0 Å². The van der Waals surface area contributed by atoms with Gasteiger partial charge in [0, 0.05) is 31.0 Å². The van der Waals surface area contributed by atoms with Gasteiger partial charge >= 0.3 is 5.97 Å². The van der Waals surface area contributed by atoms with Gasteiger partial charge in [0.05, 0.1) is 19.8 Å². The first kappa shape index (κ1) is 19.9. The Bertz CT molecular complexity index is 693. The van der Waals surface area contributed by atoms with Crippen molar-refractivity contribution in [1.82, 2.24) is 14.6 Å². The predicted molar refractivity (Wildman–Crippen MR) is 93.3 cm³/mol. The standard InChI is InChI=1S/C16H27N3O5S/c1-4-24-16(20)14-12(2)18-13(3)15(14)25(21,22)17-6-5-7-19-8-10-23-11-9-19/h17-18H,4-11H2,1-3H3. The number of carbonyl (C=O) groups excluding carboxylic acids is 1. The van der Waals surface area contributed by atoms with E-state index in [9.17, 15) is 13.2 Å². The van der Waals surface area contributed by atoms with E-state index in [4.69, 9.17) is 9.47 Å².